The van der Waals surface area contributed by atoms with Crippen LogP contribution in [0.25, 0.3) is 0 Å². The number of hydrogen-bond donors (Lipinski definition) is 3. The minimum Gasteiger partial charge on any atom is -0.508 e. The van der Waals surface area contributed by atoms with E-state index < -0.39 is 0 Å². The van der Waals surface area contributed by atoms with Gasteiger partial charge >= 0.3 is 0 Å². The van der Waals surface area contributed by atoms with Crippen molar-refractivity contribution >= 4 is 23.2 Å². The van der Waals surface area contributed by atoms with Gasteiger partial charge in [-0.05, 0) is 54.8 Å². The number of carbonyl (C=O) groups is 2. The highest BCUT2D eigenvalue weighted by Gasteiger charge is 2.16. The van der Waals surface area contributed by atoms with Crippen LogP contribution < -0.4 is 15.4 Å². The minimum absolute atomic E-state index is 0.0171. The number of phenolic OH excluding ortho intramolecular Hbond substituents is 1. The number of methoxy groups -OCH3 is 1. The third-order valence-electron chi connectivity index (χ3n) is 5.37. The van der Waals surface area contributed by atoms with Crippen LogP contribution in [0.2, 0.25) is 0 Å². The lowest BCUT2D eigenvalue weighted by Gasteiger charge is -2.21. The summed E-state index contributed by atoms with van der Waals surface area (Å²) in [7, 11) is 1.52. The summed E-state index contributed by atoms with van der Waals surface area (Å²) in [6.45, 7) is 0. The Morgan fingerprint density at radius 1 is 1.03 bits per heavy atom. The third kappa shape index (κ3) is 5.98. The fraction of sp³-hybridized carbons (Fsp3) is 0.391. The maximum absolute atomic E-state index is 12.5. The van der Waals surface area contributed by atoms with E-state index in [4.69, 9.17) is 4.74 Å². The normalized spacial score (nSPS) is 14.2. The molecule has 29 heavy (non-hydrogen) atoms. The molecule has 3 rings (SSSR count). The largest absolute Gasteiger partial charge is 0.508 e. The second-order valence-electron chi connectivity index (χ2n) is 7.51. The van der Waals surface area contributed by atoms with Crippen LogP contribution in [0.4, 0.5) is 11.4 Å². The Labute approximate surface area is 171 Å². The summed E-state index contributed by atoms with van der Waals surface area (Å²) >= 11 is 0. The van der Waals surface area contributed by atoms with Gasteiger partial charge in [-0.2, -0.15) is 0 Å². The minimum atomic E-state index is -0.330. The monoisotopic (exact) mass is 396 g/mol. The van der Waals surface area contributed by atoms with Crippen molar-refractivity contribution in [2.75, 3.05) is 17.7 Å². The van der Waals surface area contributed by atoms with Gasteiger partial charge in [-0.1, -0.05) is 32.1 Å². The van der Waals surface area contributed by atoms with Crippen LogP contribution in [0.15, 0.2) is 42.5 Å². The van der Waals surface area contributed by atoms with E-state index in [2.05, 4.69) is 10.6 Å². The molecule has 0 saturated heterocycles. The zero-order valence-corrected chi connectivity index (χ0v) is 16.7. The van der Waals surface area contributed by atoms with E-state index in [0.29, 0.717) is 35.0 Å². The second kappa shape index (κ2) is 9.96. The number of rotatable bonds is 7. The Hall–Kier alpha value is -3.02. The number of ether oxygens (including phenoxy) is 1. The van der Waals surface area contributed by atoms with Crippen molar-refractivity contribution in [2.24, 2.45) is 5.92 Å². The molecule has 1 fully saturated rings. The molecule has 0 unspecified atom stereocenters. The van der Waals surface area contributed by atoms with Gasteiger partial charge in [-0.3, -0.25) is 9.59 Å². The molecule has 2 amide bonds. The van der Waals surface area contributed by atoms with E-state index in [1.165, 1.54) is 63.5 Å². The Morgan fingerprint density at radius 3 is 2.45 bits per heavy atom. The number of nitrogens with one attached hydrogen (secondary N) is 2. The van der Waals surface area contributed by atoms with Crippen LogP contribution in [0, 0.1) is 5.92 Å². The molecule has 0 aliphatic heterocycles. The van der Waals surface area contributed by atoms with E-state index in [9.17, 15) is 14.7 Å². The van der Waals surface area contributed by atoms with Crippen LogP contribution in [-0.4, -0.2) is 24.0 Å². The van der Waals surface area contributed by atoms with Crippen molar-refractivity contribution in [3.8, 4) is 11.5 Å². The molecule has 0 spiro atoms. The van der Waals surface area contributed by atoms with E-state index >= 15 is 0 Å². The molecule has 1 aliphatic carbocycles. The van der Waals surface area contributed by atoms with Gasteiger partial charge in [0.1, 0.15) is 11.5 Å². The average molecular weight is 396 g/mol. The SMILES string of the molecule is COc1ccc(NC(=O)CCC2CCCCC2)cc1NC(=O)c1ccc(O)cc1. The summed E-state index contributed by atoms with van der Waals surface area (Å²) in [5.41, 5.74) is 1.49. The molecule has 0 heterocycles. The Bertz CT molecular complexity index is 842. The highest BCUT2D eigenvalue weighted by atomic mass is 16.5. The van der Waals surface area contributed by atoms with Crippen LogP contribution >= 0.6 is 0 Å². The standard InChI is InChI=1S/C23H28N2O4/c1-29-21-13-10-18(24-22(27)14-7-16-5-3-2-4-6-16)15-20(21)25-23(28)17-8-11-19(26)12-9-17/h8-13,15-16,26H,2-7,14H2,1H3,(H,24,27)(H,25,28). The van der Waals surface area contributed by atoms with Crippen LogP contribution in [0.3, 0.4) is 0 Å². The molecular formula is C23H28N2O4. The Morgan fingerprint density at radius 2 is 1.76 bits per heavy atom. The molecule has 0 atom stereocenters. The van der Waals surface area contributed by atoms with E-state index in [-0.39, 0.29) is 17.6 Å². The number of phenols is 1. The number of anilines is 2. The highest BCUT2D eigenvalue weighted by molar-refractivity contribution is 6.05. The van der Waals surface area contributed by atoms with E-state index in [1.54, 1.807) is 18.2 Å². The number of hydrogen-bond acceptors (Lipinski definition) is 4. The van der Waals surface area contributed by atoms with Gasteiger partial charge in [0.25, 0.3) is 5.91 Å². The molecule has 6 nitrogen and oxygen atoms in total. The van der Waals surface area contributed by atoms with Gasteiger partial charge < -0.3 is 20.5 Å². The van der Waals surface area contributed by atoms with Gasteiger partial charge in [-0.25, -0.2) is 0 Å². The quantitative estimate of drug-likeness (QED) is 0.618. The zero-order valence-electron chi connectivity index (χ0n) is 16.7. The van der Waals surface area contributed by atoms with Gasteiger partial charge in [0.2, 0.25) is 5.91 Å². The van der Waals surface area contributed by atoms with Gasteiger partial charge in [0.15, 0.2) is 0 Å². The van der Waals surface area contributed by atoms with Gasteiger partial charge in [-0.15, -0.1) is 0 Å². The lowest BCUT2D eigenvalue weighted by molar-refractivity contribution is -0.116. The summed E-state index contributed by atoms with van der Waals surface area (Å²) in [5, 5.41) is 15.1. The number of aromatic hydroxyl groups is 1. The fourth-order valence-electron chi connectivity index (χ4n) is 3.73. The second-order valence-corrected chi connectivity index (χ2v) is 7.51. The summed E-state index contributed by atoms with van der Waals surface area (Å²) in [6, 6.07) is 11.1. The first-order valence-corrected chi connectivity index (χ1v) is 10.1. The summed E-state index contributed by atoms with van der Waals surface area (Å²) in [5.74, 6) is 0.903. The molecule has 0 radical (unpaired) electrons. The van der Waals surface area contributed by atoms with Crippen LogP contribution in [0.1, 0.15) is 55.3 Å². The maximum Gasteiger partial charge on any atom is 0.255 e. The molecular weight excluding hydrogens is 368 g/mol. The molecule has 154 valence electrons. The lowest BCUT2D eigenvalue weighted by atomic mass is 9.86. The van der Waals surface area contributed by atoms with Crippen molar-refractivity contribution < 1.29 is 19.4 Å². The summed E-state index contributed by atoms with van der Waals surface area (Å²) in [4.78, 5) is 24.8. The number of amides is 2. The zero-order chi connectivity index (χ0) is 20.6. The topological polar surface area (TPSA) is 87.7 Å². The molecule has 6 heteroatoms. The van der Waals surface area contributed by atoms with E-state index in [1.807, 2.05) is 0 Å². The number of carbonyl (C=O) groups excluding carboxylic acids is 2. The summed E-state index contributed by atoms with van der Waals surface area (Å²) in [6.07, 6.45) is 7.74. The van der Waals surface area contributed by atoms with E-state index in [0.717, 1.165) is 6.42 Å². The van der Waals surface area contributed by atoms with Gasteiger partial charge in [0.05, 0.1) is 12.8 Å². The molecule has 1 saturated carbocycles. The first-order chi connectivity index (χ1) is 14.0. The first kappa shape index (κ1) is 20.7. The van der Waals surface area contributed by atoms with Crippen molar-refractivity contribution in [3.05, 3.63) is 48.0 Å². The lowest BCUT2D eigenvalue weighted by Crippen LogP contribution is -2.16. The smallest absolute Gasteiger partial charge is 0.255 e. The van der Waals surface area contributed by atoms with Gasteiger partial charge in [0, 0.05) is 17.7 Å². The first-order valence-electron chi connectivity index (χ1n) is 10.1. The predicted molar refractivity (Wildman–Crippen MR) is 113 cm³/mol. The molecule has 2 aromatic carbocycles. The maximum atomic E-state index is 12.5. The third-order valence-corrected chi connectivity index (χ3v) is 5.37. The number of benzene rings is 2. The Balaban J connectivity index is 1.62. The summed E-state index contributed by atoms with van der Waals surface area (Å²) < 4.78 is 5.32. The molecule has 0 bridgehead atoms. The van der Waals surface area contributed by atoms with Crippen molar-refractivity contribution in [2.45, 2.75) is 44.9 Å². The Kier molecular flexibility index (Phi) is 7.11. The molecule has 3 N–H and O–H groups in total. The molecule has 0 aromatic heterocycles. The van der Waals surface area contributed by atoms with Crippen LogP contribution in [-0.2, 0) is 4.79 Å². The van der Waals surface area contributed by atoms with Crippen LogP contribution in [0.5, 0.6) is 11.5 Å². The fourth-order valence-corrected chi connectivity index (χ4v) is 3.73. The predicted octanol–water partition coefficient (Wildman–Crippen LogP) is 4.95. The van der Waals surface area contributed by atoms with Crippen molar-refractivity contribution in [1.29, 1.82) is 0 Å². The average Bonchev–Trinajstić information content (AvgIpc) is 2.74. The highest BCUT2D eigenvalue weighted by Crippen LogP contribution is 2.30. The molecule has 1 aliphatic rings. The van der Waals surface area contributed by atoms with Crippen molar-refractivity contribution in [1.82, 2.24) is 0 Å². The van der Waals surface area contributed by atoms with Crippen molar-refractivity contribution in [3.63, 3.8) is 0 Å². The molecule has 2 aromatic rings.